The molecule has 0 aliphatic heterocycles. The zero-order valence-corrected chi connectivity index (χ0v) is 22.0. The van der Waals surface area contributed by atoms with Crippen LogP contribution >= 0.6 is 11.3 Å². The van der Waals surface area contributed by atoms with Crippen LogP contribution < -0.4 is 10.6 Å². The Morgan fingerprint density at radius 2 is 2.00 bits per heavy atom. The van der Waals surface area contributed by atoms with Gasteiger partial charge < -0.3 is 15.7 Å². The lowest BCUT2D eigenvalue weighted by Gasteiger charge is -2.50. The van der Waals surface area contributed by atoms with Crippen molar-refractivity contribution in [2.24, 2.45) is 23.2 Å². The van der Waals surface area contributed by atoms with E-state index >= 15 is 0 Å². The van der Waals surface area contributed by atoms with Crippen molar-refractivity contribution in [3.63, 3.8) is 0 Å². The molecular formula is C27H30F3N3O4S. The molecule has 1 aromatic carbocycles. The fourth-order valence-corrected chi connectivity index (χ4v) is 7.90. The lowest BCUT2D eigenvalue weighted by molar-refractivity contribution is -0.167. The minimum atomic E-state index is -5.07. The number of Topliss-reactive ketones (excluding diaryl/α,β-unsaturated/α-hetero) is 1. The fraction of sp³-hybridized carbons (Fsp3) is 0.556. The molecule has 0 bridgehead atoms. The van der Waals surface area contributed by atoms with Gasteiger partial charge >= 0.3 is 12.1 Å². The lowest BCUT2D eigenvalue weighted by Crippen LogP contribution is -2.44. The Hall–Kier alpha value is -2.95. The normalized spacial score (nSPS) is 28.3. The number of halogens is 3. The van der Waals surface area contributed by atoms with Crippen LogP contribution in [0.4, 0.5) is 24.0 Å². The number of hydrogen-bond donors (Lipinski definition) is 3. The number of phenols is 1. The van der Waals surface area contributed by atoms with E-state index in [0.717, 1.165) is 10.4 Å². The number of fused-ring (bicyclic) bond motifs is 5. The number of carbonyl (C=O) groups excluding carboxylic acids is 3. The van der Waals surface area contributed by atoms with Crippen LogP contribution in [0.15, 0.2) is 18.3 Å². The van der Waals surface area contributed by atoms with Gasteiger partial charge in [0.15, 0.2) is 5.13 Å². The second-order valence-electron chi connectivity index (χ2n) is 11.0. The predicted octanol–water partition coefficient (Wildman–Crippen LogP) is 5.73. The van der Waals surface area contributed by atoms with E-state index in [1.54, 1.807) is 12.3 Å². The molecule has 7 nitrogen and oxygen atoms in total. The summed E-state index contributed by atoms with van der Waals surface area (Å²) in [5, 5.41) is 15.6. The number of amides is 2. The van der Waals surface area contributed by atoms with E-state index < -0.39 is 23.2 Å². The highest BCUT2D eigenvalue weighted by atomic mass is 32.1. The third kappa shape index (κ3) is 4.69. The zero-order chi connectivity index (χ0) is 27.4. The van der Waals surface area contributed by atoms with E-state index in [2.05, 4.69) is 10.3 Å². The van der Waals surface area contributed by atoms with Crippen LogP contribution in [-0.4, -0.2) is 33.9 Å². The van der Waals surface area contributed by atoms with E-state index in [-0.39, 0.29) is 47.5 Å². The summed E-state index contributed by atoms with van der Waals surface area (Å²) in [5.74, 6) is -2.22. The van der Waals surface area contributed by atoms with Crippen molar-refractivity contribution < 1.29 is 32.7 Å². The highest BCUT2D eigenvalue weighted by Crippen LogP contribution is 2.62. The average molecular weight is 550 g/mol. The Bertz CT molecular complexity index is 1290. The number of rotatable bonds is 5. The summed E-state index contributed by atoms with van der Waals surface area (Å²) < 4.78 is 38.8. The number of phenolic OH excluding ortho intramolecular Hbond substituents is 1. The number of carbonyl (C=O) groups is 3. The maximum atomic E-state index is 13.2. The van der Waals surface area contributed by atoms with Crippen molar-refractivity contribution in [1.29, 1.82) is 0 Å². The predicted molar refractivity (Wildman–Crippen MR) is 136 cm³/mol. The number of aromatic nitrogens is 1. The number of benzene rings is 1. The zero-order valence-electron chi connectivity index (χ0n) is 21.2. The third-order valence-corrected chi connectivity index (χ3v) is 9.67. The number of anilines is 2. The van der Waals surface area contributed by atoms with Crippen molar-refractivity contribution >= 4 is 39.8 Å². The van der Waals surface area contributed by atoms with Crippen LogP contribution in [0.25, 0.3) is 0 Å². The summed E-state index contributed by atoms with van der Waals surface area (Å²) in [5.41, 5.74) is 0.695. The second kappa shape index (κ2) is 9.66. The van der Waals surface area contributed by atoms with E-state index in [4.69, 9.17) is 0 Å². The van der Waals surface area contributed by atoms with Crippen molar-refractivity contribution in [2.45, 2.75) is 70.9 Å². The van der Waals surface area contributed by atoms with Crippen LogP contribution in [0.2, 0.25) is 0 Å². The molecule has 204 valence electrons. The van der Waals surface area contributed by atoms with Gasteiger partial charge in [-0.25, -0.2) is 4.98 Å². The SMILES string of the molecule is Cc1cnc(NC(=O)CC[C@@H]2CC(=O)[C@@]3(C)CCC4c5ccc(O)c(NC(=O)C(F)(F)F)c5CCC4C23)s1. The van der Waals surface area contributed by atoms with Crippen molar-refractivity contribution in [2.75, 3.05) is 10.6 Å². The smallest absolute Gasteiger partial charge is 0.471 e. The lowest BCUT2D eigenvalue weighted by atomic mass is 9.54. The third-order valence-electron chi connectivity index (χ3n) is 8.84. The number of nitrogens with one attached hydrogen (secondary N) is 2. The van der Waals surface area contributed by atoms with Crippen LogP contribution in [-0.2, 0) is 20.8 Å². The molecule has 2 fully saturated rings. The molecule has 1 aromatic heterocycles. The Kier molecular flexibility index (Phi) is 6.77. The van der Waals surface area contributed by atoms with Gasteiger partial charge in [-0.2, -0.15) is 13.2 Å². The largest absolute Gasteiger partial charge is 0.506 e. The number of ketones is 1. The summed E-state index contributed by atoms with van der Waals surface area (Å²) in [4.78, 5) is 42.6. The molecule has 11 heteroatoms. The second-order valence-corrected chi connectivity index (χ2v) is 12.3. The van der Waals surface area contributed by atoms with Crippen LogP contribution in [0.3, 0.4) is 0 Å². The summed E-state index contributed by atoms with van der Waals surface area (Å²) in [7, 11) is 0. The summed E-state index contributed by atoms with van der Waals surface area (Å²) in [6.45, 7) is 3.94. The maximum absolute atomic E-state index is 13.2. The number of nitrogens with zero attached hydrogens (tertiary/aromatic N) is 1. The molecule has 5 rings (SSSR count). The number of alkyl halides is 3. The molecule has 0 radical (unpaired) electrons. The minimum Gasteiger partial charge on any atom is -0.506 e. The molecule has 3 aliphatic carbocycles. The van der Waals surface area contributed by atoms with Crippen LogP contribution in [0, 0.1) is 30.1 Å². The summed E-state index contributed by atoms with van der Waals surface area (Å²) >= 11 is 1.40. The molecule has 3 aliphatic rings. The number of aromatic hydroxyl groups is 1. The van der Waals surface area contributed by atoms with Crippen molar-refractivity contribution in [3.05, 3.63) is 34.3 Å². The first-order chi connectivity index (χ1) is 17.9. The first-order valence-corrected chi connectivity index (χ1v) is 13.7. The van der Waals surface area contributed by atoms with Gasteiger partial charge in [-0.05, 0) is 79.9 Å². The molecular weight excluding hydrogens is 519 g/mol. The monoisotopic (exact) mass is 549 g/mol. The topological polar surface area (TPSA) is 108 Å². The van der Waals surface area contributed by atoms with Crippen LogP contribution in [0.5, 0.6) is 5.75 Å². The molecule has 3 unspecified atom stereocenters. The molecule has 0 spiro atoms. The Morgan fingerprint density at radius 1 is 1.24 bits per heavy atom. The number of hydrogen-bond acceptors (Lipinski definition) is 6. The quantitative estimate of drug-likeness (QED) is 0.413. The van der Waals surface area contributed by atoms with E-state index in [0.29, 0.717) is 49.2 Å². The van der Waals surface area contributed by atoms with E-state index in [1.807, 2.05) is 19.2 Å². The summed E-state index contributed by atoms with van der Waals surface area (Å²) in [6, 6.07) is 3.07. The number of aryl methyl sites for hydroxylation is 1. The molecule has 3 N–H and O–H groups in total. The molecule has 2 amide bonds. The van der Waals surface area contributed by atoms with Crippen molar-refractivity contribution in [3.8, 4) is 5.75 Å². The van der Waals surface area contributed by atoms with Crippen LogP contribution in [0.1, 0.15) is 67.4 Å². The molecule has 2 aromatic rings. The summed E-state index contributed by atoms with van der Waals surface area (Å²) in [6.07, 6.45) is 0.266. The Labute approximate surface area is 222 Å². The van der Waals surface area contributed by atoms with Gasteiger partial charge in [0.2, 0.25) is 5.91 Å². The van der Waals surface area contributed by atoms with Gasteiger partial charge in [0, 0.05) is 29.3 Å². The first-order valence-electron chi connectivity index (χ1n) is 12.9. The molecule has 0 saturated heterocycles. The van der Waals surface area contributed by atoms with E-state index in [9.17, 15) is 32.7 Å². The first kappa shape index (κ1) is 26.6. The fourth-order valence-electron chi connectivity index (χ4n) is 7.21. The van der Waals surface area contributed by atoms with E-state index in [1.165, 1.54) is 17.4 Å². The van der Waals surface area contributed by atoms with Gasteiger partial charge in [-0.15, -0.1) is 11.3 Å². The van der Waals surface area contributed by atoms with Gasteiger partial charge in [-0.1, -0.05) is 13.0 Å². The van der Waals surface area contributed by atoms with Gasteiger partial charge in [-0.3, -0.25) is 14.4 Å². The molecule has 2 saturated carbocycles. The molecule has 1 heterocycles. The Morgan fingerprint density at radius 3 is 2.68 bits per heavy atom. The maximum Gasteiger partial charge on any atom is 0.471 e. The van der Waals surface area contributed by atoms with Crippen molar-refractivity contribution in [1.82, 2.24) is 4.98 Å². The highest BCUT2D eigenvalue weighted by molar-refractivity contribution is 7.15. The minimum absolute atomic E-state index is 0.000478. The standard InChI is InChI=1S/C27H30F3N3O4S/c1-13-12-31-25(38-13)32-21(36)8-3-14-11-20(35)26(2)10-9-16-15-6-7-19(34)23(33-24(37)27(28,29)30)18(15)5-4-17(16)22(14)26/h6-7,12,14,16-17,22,34H,3-5,8-11H2,1-2H3,(H,33,37)(H,31,32,36)/t14-,16?,17?,22?,26-/m1/s1. The molecule has 38 heavy (non-hydrogen) atoms. The molecule has 5 atom stereocenters. The van der Waals surface area contributed by atoms with Gasteiger partial charge in [0.25, 0.3) is 0 Å². The highest BCUT2D eigenvalue weighted by Gasteiger charge is 2.58. The number of thiazole rings is 1. The Balaban J connectivity index is 1.37. The average Bonchev–Trinajstić information content (AvgIpc) is 3.37. The van der Waals surface area contributed by atoms with Gasteiger partial charge in [0.05, 0.1) is 5.69 Å². The van der Waals surface area contributed by atoms with Gasteiger partial charge in [0.1, 0.15) is 11.5 Å².